The number of guanidine groups is 1. The minimum atomic E-state index is -1.66. The van der Waals surface area contributed by atoms with Crippen molar-refractivity contribution in [3.05, 3.63) is 11.8 Å². The quantitative estimate of drug-likeness (QED) is 0.0123. The zero-order chi connectivity index (χ0) is 52.9. The number of aliphatic carboxylic acids is 1. The highest BCUT2D eigenvalue weighted by Gasteiger charge is 2.40. The lowest BCUT2D eigenvalue weighted by Crippen LogP contribution is -2.60. The highest BCUT2D eigenvalue weighted by molar-refractivity contribution is 5.99. The highest BCUT2D eigenvalue weighted by atomic mass is 16.4. The number of nitrogens with zero attached hydrogens (tertiary/aromatic N) is 2. The van der Waals surface area contributed by atoms with Gasteiger partial charge in [0.1, 0.15) is 41.9 Å². The molecule has 1 saturated heterocycles. The van der Waals surface area contributed by atoms with Crippen LogP contribution < -0.4 is 83.1 Å². The van der Waals surface area contributed by atoms with Crippen LogP contribution in [-0.4, -0.2) is 174 Å². The van der Waals surface area contributed by atoms with E-state index in [2.05, 4.69) is 42.2 Å². The number of unbranched alkanes of at least 4 members (excludes halogenated alkanes) is 2. The number of likely N-dealkylation sites (tertiary alicyclic amines) is 1. The molecule has 1 heterocycles. The molecular weight excluding hydrogens is 923 g/mol. The fourth-order valence-corrected chi connectivity index (χ4v) is 6.92. The van der Waals surface area contributed by atoms with Crippen LogP contribution in [0.1, 0.15) is 84.0 Å². The van der Waals surface area contributed by atoms with Crippen LogP contribution in [0.3, 0.4) is 0 Å². The third-order valence-electron chi connectivity index (χ3n) is 10.7. The van der Waals surface area contributed by atoms with Crippen molar-refractivity contribution in [1.82, 2.24) is 42.1 Å². The van der Waals surface area contributed by atoms with Gasteiger partial charge in [0.2, 0.25) is 53.2 Å². The number of rotatable bonds is 34. The number of amides is 9. The summed E-state index contributed by atoms with van der Waals surface area (Å²) in [6, 6.07) is -9.39. The molecule has 1 rings (SSSR count). The van der Waals surface area contributed by atoms with Gasteiger partial charge in [0.05, 0.1) is 25.1 Å². The van der Waals surface area contributed by atoms with Crippen molar-refractivity contribution in [2.24, 2.45) is 50.9 Å². The number of hydrogen-bond acceptors (Lipinski definition) is 17. The van der Waals surface area contributed by atoms with Gasteiger partial charge in [0.25, 0.3) is 0 Å². The summed E-state index contributed by atoms with van der Waals surface area (Å²) in [6.45, 7) is 0.966. The summed E-state index contributed by atoms with van der Waals surface area (Å²) < 4.78 is 0. The van der Waals surface area contributed by atoms with Gasteiger partial charge in [-0.2, -0.15) is 0 Å². The molecule has 0 bridgehead atoms. The second-order valence-corrected chi connectivity index (χ2v) is 16.5. The summed E-state index contributed by atoms with van der Waals surface area (Å²) in [5.74, 6) is -9.67. The molecule has 1 aliphatic rings. The molecule has 70 heavy (non-hydrogen) atoms. The van der Waals surface area contributed by atoms with E-state index < -0.39 is 133 Å². The van der Waals surface area contributed by atoms with E-state index in [9.17, 15) is 58.2 Å². The molecule has 0 saturated carbocycles. The Morgan fingerprint density at radius 3 is 1.94 bits per heavy atom. The Bertz CT molecular complexity index is 1850. The molecular formula is C41H75N17O12. The van der Waals surface area contributed by atoms with Crippen LogP contribution in [0, 0.1) is 0 Å². The first-order chi connectivity index (χ1) is 33.1. The Balaban J connectivity index is 3.12. The summed E-state index contributed by atoms with van der Waals surface area (Å²) in [5, 5.41) is 36.7. The summed E-state index contributed by atoms with van der Waals surface area (Å²) in [7, 11) is 0. The standard InChI is InChI=1S/C41H75N17O12/c1-22(52-38(67)32(29(59)20-45)57-34(63)23(46)9-2-4-14-42)33(62)51-21-31(61)53-25(11-6-16-44)39(68)58-18-8-13-28(58)37(66)56-27(19-30(47)60)36(65)54-24(10-3-5-15-43)35(64)55-26(40(69)70)12-7-17-50-41(48)49/h12,22-25,27-29,32,59H,2-11,13-21,42-46H2,1H3,(H2,47,60)(H,51,62)(H,52,67)(H,53,61)(H,54,65)(H,55,64)(H,56,66)(H,57,63)(H,69,70)(H4,48,49,50)/b26-12-/t22-,23-,24-,25+,27-,28-,29-,32-/m0/s1. The van der Waals surface area contributed by atoms with Gasteiger partial charge in [-0.25, -0.2) is 4.79 Å². The van der Waals surface area contributed by atoms with Crippen molar-refractivity contribution in [3.63, 3.8) is 0 Å². The average molecular weight is 998 g/mol. The maximum atomic E-state index is 14.0. The fourth-order valence-electron chi connectivity index (χ4n) is 6.92. The SMILES string of the molecule is C[C@H](NC(=O)[C@@H](NC(=O)[C@@H](N)CCCCN)[C@@H](O)CN)C(=O)NCC(=O)N[C@H](CCCN)C(=O)N1CCC[C@H]1C(=O)N[C@@H](CC(N)=O)C(=O)N[C@@H](CCCCN)C(=O)N/C(=C\CCN=C(N)N)C(=O)O. The Kier molecular flexibility index (Phi) is 29.1. The largest absolute Gasteiger partial charge is 0.477 e. The van der Waals surface area contributed by atoms with Gasteiger partial charge in [-0.15, -0.1) is 0 Å². The third kappa shape index (κ3) is 22.7. The molecule has 0 aliphatic carbocycles. The lowest BCUT2D eigenvalue weighted by molar-refractivity contribution is -0.142. The lowest BCUT2D eigenvalue weighted by atomic mass is 10.1. The Morgan fingerprint density at radius 1 is 0.729 bits per heavy atom. The molecule has 0 aromatic heterocycles. The van der Waals surface area contributed by atoms with E-state index in [4.69, 9.17) is 45.9 Å². The maximum absolute atomic E-state index is 14.0. The van der Waals surface area contributed by atoms with Gasteiger partial charge < -0.3 is 98.2 Å². The molecule has 0 spiro atoms. The van der Waals surface area contributed by atoms with Crippen LogP contribution in [0.5, 0.6) is 0 Å². The number of nitrogens with two attached hydrogens (primary N) is 8. The van der Waals surface area contributed by atoms with Crippen LogP contribution in [0.2, 0.25) is 0 Å². The zero-order valence-corrected chi connectivity index (χ0v) is 39.6. The Morgan fingerprint density at radius 2 is 1.36 bits per heavy atom. The van der Waals surface area contributed by atoms with Crippen molar-refractivity contribution >= 4 is 65.1 Å². The van der Waals surface area contributed by atoms with E-state index in [1.54, 1.807) is 0 Å². The first-order valence-corrected chi connectivity index (χ1v) is 23.0. The van der Waals surface area contributed by atoms with E-state index in [0.29, 0.717) is 38.6 Å². The molecule has 0 radical (unpaired) electrons. The van der Waals surface area contributed by atoms with Crippen molar-refractivity contribution in [3.8, 4) is 0 Å². The van der Waals surface area contributed by atoms with Gasteiger partial charge >= 0.3 is 5.97 Å². The molecule has 29 nitrogen and oxygen atoms in total. The van der Waals surface area contributed by atoms with Crippen LogP contribution in [-0.2, 0) is 47.9 Å². The van der Waals surface area contributed by atoms with E-state index in [0.717, 1.165) is 6.08 Å². The number of carbonyl (C=O) groups excluding carboxylic acids is 9. The lowest BCUT2D eigenvalue weighted by Gasteiger charge is -2.30. The van der Waals surface area contributed by atoms with Crippen molar-refractivity contribution in [2.75, 3.05) is 45.8 Å². The normalized spacial score (nSPS) is 16.4. The number of primary amides is 1. The minimum Gasteiger partial charge on any atom is -0.477 e. The molecule has 25 N–H and O–H groups in total. The Labute approximate surface area is 405 Å². The van der Waals surface area contributed by atoms with Gasteiger partial charge in [0, 0.05) is 19.6 Å². The maximum Gasteiger partial charge on any atom is 0.352 e. The van der Waals surface area contributed by atoms with Crippen LogP contribution in [0.4, 0.5) is 0 Å². The molecule has 1 aliphatic heterocycles. The highest BCUT2D eigenvalue weighted by Crippen LogP contribution is 2.20. The molecule has 1 fully saturated rings. The zero-order valence-electron chi connectivity index (χ0n) is 39.6. The molecule has 0 aromatic rings. The first kappa shape index (κ1) is 61.5. The van der Waals surface area contributed by atoms with Crippen molar-refractivity contribution in [1.29, 1.82) is 0 Å². The van der Waals surface area contributed by atoms with Crippen LogP contribution >= 0.6 is 0 Å². The smallest absolute Gasteiger partial charge is 0.352 e. The van der Waals surface area contributed by atoms with E-state index in [-0.39, 0.29) is 70.7 Å². The number of aliphatic hydroxyl groups excluding tert-OH is 1. The predicted molar refractivity (Wildman–Crippen MR) is 253 cm³/mol. The summed E-state index contributed by atoms with van der Waals surface area (Å²) >= 11 is 0. The predicted octanol–water partition coefficient (Wildman–Crippen LogP) is -8.20. The van der Waals surface area contributed by atoms with Gasteiger partial charge in [0.15, 0.2) is 5.96 Å². The molecule has 29 heteroatoms. The van der Waals surface area contributed by atoms with Crippen LogP contribution in [0.15, 0.2) is 16.8 Å². The van der Waals surface area contributed by atoms with Crippen molar-refractivity contribution < 1.29 is 58.2 Å². The monoisotopic (exact) mass is 998 g/mol. The second-order valence-electron chi connectivity index (χ2n) is 16.5. The fraction of sp³-hybridized carbons (Fsp3) is 0.683. The summed E-state index contributed by atoms with van der Waals surface area (Å²) in [4.78, 5) is 136. The average Bonchev–Trinajstić information content (AvgIpc) is 3.81. The van der Waals surface area contributed by atoms with E-state index in [1.807, 2.05) is 0 Å². The molecule has 8 atom stereocenters. The number of aliphatic imine (C=N–C) groups is 1. The van der Waals surface area contributed by atoms with E-state index >= 15 is 0 Å². The summed E-state index contributed by atoms with van der Waals surface area (Å²) in [5.41, 5.74) is 43.7. The second kappa shape index (κ2) is 33.1. The number of carboxylic acids is 1. The molecule has 0 aromatic carbocycles. The van der Waals surface area contributed by atoms with Gasteiger partial charge in [-0.3, -0.25) is 48.1 Å². The van der Waals surface area contributed by atoms with Gasteiger partial charge in [-0.1, -0.05) is 12.5 Å². The third-order valence-corrected chi connectivity index (χ3v) is 10.7. The molecule has 9 amide bonds. The van der Waals surface area contributed by atoms with Gasteiger partial charge in [-0.05, 0) is 90.8 Å². The Hall–Kier alpha value is -6.53. The number of carboxylic acid groups (broad SMARTS) is 1. The summed E-state index contributed by atoms with van der Waals surface area (Å²) in [6.07, 6.45) is 1.70. The first-order valence-electron chi connectivity index (χ1n) is 23.0. The van der Waals surface area contributed by atoms with Crippen molar-refractivity contribution in [2.45, 2.75) is 132 Å². The number of nitrogens with one attached hydrogen (secondary N) is 7. The molecule has 0 unspecified atom stereocenters. The molecule has 396 valence electrons. The number of hydrogen-bond donors (Lipinski definition) is 17. The topological polar surface area (TPSA) is 519 Å². The van der Waals surface area contributed by atoms with E-state index in [1.165, 1.54) is 11.8 Å². The number of aliphatic hydroxyl groups is 1. The minimum absolute atomic E-state index is 0.00887. The number of carbonyl (C=O) groups is 10. The van der Waals surface area contributed by atoms with Crippen LogP contribution in [0.25, 0.3) is 0 Å².